The third-order valence-electron chi connectivity index (χ3n) is 3.07. The molecule has 17 heavy (non-hydrogen) atoms. The first-order chi connectivity index (χ1) is 7.97. The Balaban J connectivity index is 2.60. The third kappa shape index (κ3) is 4.18. The highest BCUT2D eigenvalue weighted by Gasteiger charge is 2.24. The Kier molecular flexibility index (Phi) is 6.38. The average molecular weight is 290 g/mol. The molecule has 0 aromatic rings. The number of allylic oxidation sites excluding steroid dienone is 1. The van der Waals surface area contributed by atoms with E-state index >= 15 is 0 Å². The average Bonchev–Trinajstić information content (AvgIpc) is 2.30. The molecule has 0 N–H and O–H groups in total. The Morgan fingerprint density at radius 1 is 1.59 bits per heavy atom. The number of nitrogens with zero attached hydrogens (tertiary/aromatic N) is 1. The SMILES string of the molecule is C=C1C(S)SC(CSC(C)CCC)=C(C)N1C. The van der Waals surface area contributed by atoms with Crippen molar-refractivity contribution in [3.05, 3.63) is 22.9 Å². The molecule has 2 atom stereocenters. The van der Waals surface area contributed by atoms with Crippen molar-refractivity contribution < 1.29 is 0 Å². The number of hydrogen-bond donors (Lipinski definition) is 1. The van der Waals surface area contributed by atoms with Crippen molar-refractivity contribution >= 4 is 36.2 Å². The van der Waals surface area contributed by atoms with E-state index in [1.807, 2.05) is 23.5 Å². The largest absolute Gasteiger partial charge is 0.350 e. The first kappa shape index (κ1) is 15.4. The van der Waals surface area contributed by atoms with E-state index in [0.717, 1.165) is 16.7 Å². The summed E-state index contributed by atoms with van der Waals surface area (Å²) < 4.78 is 0.209. The van der Waals surface area contributed by atoms with Crippen LogP contribution in [0.4, 0.5) is 0 Å². The van der Waals surface area contributed by atoms with Gasteiger partial charge in [-0.05, 0) is 13.3 Å². The Morgan fingerprint density at radius 2 is 2.24 bits per heavy atom. The second-order valence-corrected chi connectivity index (χ2v) is 7.93. The molecule has 4 heteroatoms. The maximum absolute atomic E-state index is 4.58. The molecule has 0 fully saturated rings. The Bertz CT molecular complexity index is 312. The smallest absolute Gasteiger partial charge is 0.0911 e. The molecule has 0 bridgehead atoms. The van der Waals surface area contributed by atoms with Crippen molar-refractivity contribution in [1.82, 2.24) is 4.90 Å². The molecule has 0 saturated carbocycles. The third-order valence-corrected chi connectivity index (χ3v) is 6.35. The maximum Gasteiger partial charge on any atom is 0.0911 e. The summed E-state index contributed by atoms with van der Waals surface area (Å²) in [5.74, 6) is 1.10. The summed E-state index contributed by atoms with van der Waals surface area (Å²) in [5.41, 5.74) is 2.42. The normalized spacial score (nSPS) is 23.2. The van der Waals surface area contributed by atoms with Crippen molar-refractivity contribution in [3.63, 3.8) is 0 Å². The van der Waals surface area contributed by atoms with Gasteiger partial charge in [-0.15, -0.1) is 11.8 Å². The van der Waals surface area contributed by atoms with Gasteiger partial charge in [-0.1, -0.05) is 26.8 Å². The predicted molar refractivity (Wildman–Crippen MR) is 86.8 cm³/mol. The van der Waals surface area contributed by atoms with Crippen LogP contribution in [-0.2, 0) is 0 Å². The molecule has 0 amide bonds. The van der Waals surface area contributed by atoms with Gasteiger partial charge in [0.2, 0.25) is 0 Å². The summed E-state index contributed by atoms with van der Waals surface area (Å²) in [4.78, 5) is 3.63. The van der Waals surface area contributed by atoms with E-state index in [0.29, 0.717) is 0 Å². The lowest BCUT2D eigenvalue weighted by molar-refractivity contribution is 0.515. The molecule has 0 aromatic heterocycles. The molecule has 1 heterocycles. The molecule has 1 aliphatic rings. The minimum absolute atomic E-state index is 0.209. The molecule has 98 valence electrons. The molecule has 0 aliphatic carbocycles. The van der Waals surface area contributed by atoms with Crippen molar-refractivity contribution in [1.29, 1.82) is 0 Å². The van der Waals surface area contributed by atoms with E-state index < -0.39 is 0 Å². The van der Waals surface area contributed by atoms with E-state index in [2.05, 4.69) is 51.9 Å². The van der Waals surface area contributed by atoms with Gasteiger partial charge in [0.25, 0.3) is 0 Å². The monoisotopic (exact) mass is 289 g/mol. The summed E-state index contributed by atoms with van der Waals surface area (Å²) in [6.45, 7) is 10.8. The van der Waals surface area contributed by atoms with Gasteiger partial charge in [0.1, 0.15) is 0 Å². The van der Waals surface area contributed by atoms with E-state index in [9.17, 15) is 0 Å². The number of thioether (sulfide) groups is 2. The van der Waals surface area contributed by atoms with Gasteiger partial charge in [-0.3, -0.25) is 0 Å². The van der Waals surface area contributed by atoms with Crippen molar-refractivity contribution in [3.8, 4) is 0 Å². The first-order valence-corrected chi connectivity index (χ1v) is 8.50. The van der Waals surface area contributed by atoms with E-state index in [-0.39, 0.29) is 4.58 Å². The minimum atomic E-state index is 0.209. The molecule has 1 rings (SSSR count). The fraction of sp³-hybridized carbons (Fsp3) is 0.692. The van der Waals surface area contributed by atoms with Crippen LogP contribution >= 0.6 is 36.2 Å². The highest BCUT2D eigenvalue weighted by molar-refractivity contribution is 8.14. The van der Waals surface area contributed by atoms with Gasteiger partial charge >= 0.3 is 0 Å². The fourth-order valence-electron chi connectivity index (χ4n) is 1.70. The zero-order valence-electron chi connectivity index (χ0n) is 11.2. The highest BCUT2D eigenvalue weighted by atomic mass is 32.2. The molecular weight excluding hydrogens is 266 g/mol. The Hall–Kier alpha value is 0.330. The van der Waals surface area contributed by atoms with Crippen LogP contribution in [0.2, 0.25) is 0 Å². The number of thiol groups is 1. The lowest BCUT2D eigenvalue weighted by Gasteiger charge is -2.34. The van der Waals surface area contributed by atoms with Crippen LogP contribution in [0.15, 0.2) is 22.9 Å². The van der Waals surface area contributed by atoms with E-state index in [1.54, 1.807) is 0 Å². The summed E-state index contributed by atoms with van der Waals surface area (Å²) in [5, 5.41) is 0.745. The molecule has 1 aliphatic heterocycles. The molecule has 2 unspecified atom stereocenters. The van der Waals surface area contributed by atoms with Crippen LogP contribution in [-0.4, -0.2) is 27.5 Å². The molecule has 0 aromatic carbocycles. The van der Waals surface area contributed by atoms with Crippen molar-refractivity contribution in [2.45, 2.75) is 43.4 Å². The lowest BCUT2D eigenvalue weighted by atomic mass is 10.3. The molecular formula is C13H23NS3. The summed E-state index contributed by atoms with van der Waals surface area (Å²) in [6.07, 6.45) is 2.57. The van der Waals surface area contributed by atoms with Gasteiger partial charge in [-0.25, -0.2) is 0 Å². The topological polar surface area (TPSA) is 3.24 Å². The second-order valence-electron chi connectivity index (χ2n) is 4.44. The van der Waals surface area contributed by atoms with Crippen LogP contribution in [0.5, 0.6) is 0 Å². The lowest BCUT2D eigenvalue weighted by Crippen LogP contribution is -2.25. The molecule has 0 saturated heterocycles. The van der Waals surface area contributed by atoms with Crippen LogP contribution in [0, 0.1) is 0 Å². The van der Waals surface area contributed by atoms with Gasteiger partial charge in [0.15, 0.2) is 0 Å². The number of hydrogen-bond acceptors (Lipinski definition) is 4. The standard InChI is InChI=1S/C13H23NS3/c1-6-7-9(2)16-8-12-10(3)14(5)11(4)13(15)17-12/h9,13,15H,4,6-8H2,1-3,5H3. The molecule has 0 radical (unpaired) electrons. The van der Waals surface area contributed by atoms with Crippen LogP contribution in [0.3, 0.4) is 0 Å². The summed E-state index contributed by atoms with van der Waals surface area (Å²) in [7, 11) is 2.08. The summed E-state index contributed by atoms with van der Waals surface area (Å²) >= 11 is 8.48. The molecule has 1 nitrogen and oxygen atoms in total. The maximum atomic E-state index is 4.58. The Morgan fingerprint density at radius 3 is 2.82 bits per heavy atom. The highest BCUT2D eigenvalue weighted by Crippen LogP contribution is 2.41. The second kappa shape index (κ2) is 7.05. The zero-order chi connectivity index (χ0) is 13.0. The van der Waals surface area contributed by atoms with Crippen molar-refractivity contribution in [2.24, 2.45) is 0 Å². The molecule has 0 spiro atoms. The fourth-order valence-corrected chi connectivity index (χ4v) is 4.65. The van der Waals surface area contributed by atoms with Gasteiger partial charge in [0.05, 0.1) is 4.58 Å². The van der Waals surface area contributed by atoms with Crippen LogP contribution in [0.25, 0.3) is 0 Å². The van der Waals surface area contributed by atoms with E-state index in [4.69, 9.17) is 0 Å². The number of rotatable bonds is 5. The van der Waals surface area contributed by atoms with Gasteiger partial charge in [0, 0.05) is 34.3 Å². The van der Waals surface area contributed by atoms with Gasteiger partial charge in [-0.2, -0.15) is 24.4 Å². The minimum Gasteiger partial charge on any atom is -0.350 e. The predicted octanol–water partition coefficient (Wildman–Crippen LogP) is 4.59. The van der Waals surface area contributed by atoms with E-state index in [1.165, 1.54) is 23.4 Å². The van der Waals surface area contributed by atoms with Crippen LogP contribution < -0.4 is 0 Å². The summed E-state index contributed by atoms with van der Waals surface area (Å²) in [6, 6.07) is 0. The quantitative estimate of drug-likeness (QED) is 0.738. The van der Waals surface area contributed by atoms with Gasteiger partial charge < -0.3 is 4.90 Å². The Labute approximate surface area is 120 Å². The zero-order valence-corrected chi connectivity index (χ0v) is 13.7. The first-order valence-electron chi connectivity index (χ1n) is 6.06. The van der Waals surface area contributed by atoms with Crippen LogP contribution in [0.1, 0.15) is 33.6 Å². The van der Waals surface area contributed by atoms with Crippen molar-refractivity contribution in [2.75, 3.05) is 12.8 Å².